The van der Waals surface area contributed by atoms with E-state index in [1.54, 1.807) is 11.8 Å². The van der Waals surface area contributed by atoms with E-state index >= 15 is 0 Å². The molecule has 1 N–H and O–H groups in total. The Morgan fingerprint density at radius 3 is 2.27 bits per heavy atom. The number of carbonyl (C=O) groups is 2. The molecule has 1 fully saturated rings. The largest absolute Gasteiger partial charge is 0.465 e. The summed E-state index contributed by atoms with van der Waals surface area (Å²) in [5.74, 6) is 0.0271. The minimum Gasteiger partial charge on any atom is -0.465 e. The number of halogens is 1. The van der Waals surface area contributed by atoms with E-state index in [9.17, 15) is 14.7 Å². The molecule has 1 aliphatic rings. The summed E-state index contributed by atoms with van der Waals surface area (Å²) in [6, 6.07) is 3.82. The van der Waals surface area contributed by atoms with E-state index in [1.165, 1.54) is 0 Å². The molecule has 2 unspecified atom stereocenters. The first-order valence-electron chi connectivity index (χ1n) is 10.6. The average molecular weight is 438 g/mol. The second-order valence-corrected chi connectivity index (χ2v) is 10.1. The number of carbonyl (C=O) groups excluding carboxylic acids is 1. The first-order valence-corrected chi connectivity index (χ1v) is 11.0. The van der Waals surface area contributed by atoms with Gasteiger partial charge in [-0.3, -0.25) is 4.79 Å². The van der Waals surface area contributed by atoms with Gasteiger partial charge in [-0.2, -0.15) is 0 Å². The lowest BCUT2D eigenvalue weighted by Gasteiger charge is -2.47. The fourth-order valence-corrected chi connectivity index (χ4v) is 4.67. The predicted molar refractivity (Wildman–Crippen MR) is 122 cm³/mol. The fourth-order valence-electron chi connectivity index (χ4n) is 4.51. The van der Waals surface area contributed by atoms with Crippen LogP contribution in [0, 0.1) is 12.3 Å². The molecule has 1 aromatic rings. The highest BCUT2D eigenvalue weighted by molar-refractivity contribution is 6.31. The summed E-state index contributed by atoms with van der Waals surface area (Å²) in [4.78, 5) is 29.8. The van der Waals surface area contributed by atoms with Gasteiger partial charge in [-0.25, -0.2) is 4.79 Å². The van der Waals surface area contributed by atoms with E-state index in [-0.39, 0.29) is 29.4 Å². The third-order valence-corrected chi connectivity index (χ3v) is 6.47. The molecule has 0 aliphatic carbocycles. The van der Waals surface area contributed by atoms with Crippen LogP contribution in [0.3, 0.4) is 0 Å². The van der Waals surface area contributed by atoms with Gasteiger partial charge in [-0.1, -0.05) is 38.4 Å². The van der Waals surface area contributed by atoms with Crippen LogP contribution in [0.4, 0.5) is 10.5 Å². The Balaban J connectivity index is 2.52. The molecular formula is C23H36ClN3O3. The summed E-state index contributed by atoms with van der Waals surface area (Å²) in [7, 11) is 0. The Kier molecular flexibility index (Phi) is 7.33. The van der Waals surface area contributed by atoms with Crippen LogP contribution in [0.15, 0.2) is 12.1 Å². The van der Waals surface area contributed by atoms with Gasteiger partial charge in [0, 0.05) is 43.3 Å². The van der Waals surface area contributed by atoms with Crippen LogP contribution < -0.4 is 4.90 Å². The Labute approximate surface area is 185 Å². The second kappa shape index (κ2) is 9.04. The maximum atomic E-state index is 12.4. The highest BCUT2D eigenvalue weighted by atomic mass is 35.5. The molecule has 30 heavy (non-hydrogen) atoms. The minimum atomic E-state index is -0.882. The predicted octanol–water partition coefficient (Wildman–Crippen LogP) is 5.18. The van der Waals surface area contributed by atoms with Crippen LogP contribution in [0.25, 0.3) is 0 Å². The Hall–Kier alpha value is -1.95. The monoisotopic (exact) mass is 437 g/mol. The van der Waals surface area contributed by atoms with Crippen molar-refractivity contribution in [3.8, 4) is 0 Å². The fraction of sp³-hybridized carbons (Fsp3) is 0.652. The summed E-state index contributed by atoms with van der Waals surface area (Å²) in [6.07, 6.45) is -0.882. The van der Waals surface area contributed by atoms with E-state index in [0.29, 0.717) is 24.7 Å². The van der Waals surface area contributed by atoms with Crippen molar-refractivity contribution in [2.24, 2.45) is 5.41 Å². The van der Waals surface area contributed by atoms with Crippen molar-refractivity contribution >= 4 is 29.3 Å². The van der Waals surface area contributed by atoms with Gasteiger partial charge in [-0.15, -0.1) is 0 Å². The van der Waals surface area contributed by atoms with Crippen LogP contribution in [-0.4, -0.2) is 58.6 Å². The van der Waals surface area contributed by atoms with Gasteiger partial charge < -0.3 is 19.8 Å². The third kappa shape index (κ3) is 5.02. The Morgan fingerprint density at radius 1 is 1.20 bits per heavy atom. The lowest BCUT2D eigenvalue weighted by atomic mass is 9.84. The highest BCUT2D eigenvalue weighted by Crippen LogP contribution is 2.38. The molecule has 2 atom stereocenters. The van der Waals surface area contributed by atoms with Crippen molar-refractivity contribution in [1.29, 1.82) is 0 Å². The van der Waals surface area contributed by atoms with Crippen LogP contribution in [0.1, 0.15) is 65.6 Å². The minimum absolute atomic E-state index is 0.0271. The Bertz CT molecular complexity index is 804. The van der Waals surface area contributed by atoms with E-state index in [2.05, 4.69) is 31.7 Å². The number of aryl methyl sites for hydroxylation is 1. The zero-order chi connectivity index (χ0) is 23.0. The van der Waals surface area contributed by atoms with Gasteiger partial charge in [0.1, 0.15) is 0 Å². The SMILES string of the molecule is CC(=O)N(C(C)C)C(C)c1cc(C)c(Cl)cc1N1CCN(C(=O)O)C(C(C)(C)C)C1. The first-order chi connectivity index (χ1) is 13.8. The molecular weight excluding hydrogens is 402 g/mol. The number of nitrogens with zero attached hydrogens (tertiary/aromatic N) is 3. The van der Waals surface area contributed by atoms with E-state index in [1.807, 2.05) is 38.7 Å². The van der Waals surface area contributed by atoms with Crippen LogP contribution in [-0.2, 0) is 4.79 Å². The van der Waals surface area contributed by atoms with Gasteiger partial charge >= 0.3 is 6.09 Å². The average Bonchev–Trinajstić information content (AvgIpc) is 2.61. The van der Waals surface area contributed by atoms with Crippen molar-refractivity contribution in [2.75, 3.05) is 24.5 Å². The second-order valence-electron chi connectivity index (χ2n) is 9.66. The number of piperazine rings is 1. The standard InChI is InChI=1S/C23H36ClN3O3/c1-14(2)27(17(5)28)16(4)18-11-15(3)19(24)12-20(18)25-9-10-26(22(29)30)21(13-25)23(6,7)8/h11-12,14,16,21H,9-10,13H2,1-8H3,(H,29,30). The van der Waals surface area contributed by atoms with Crippen LogP contribution in [0.2, 0.25) is 5.02 Å². The number of amides is 2. The molecule has 0 spiro atoms. The first kappa shape index (κ1) is 24.3. The summed E-state index contributed by atoms with van der Waals surface area (Å²) in [5.41, 5.74) is 2.77. The highest BCUT2D eigenvalue weighted by Gasteiger charge is 2.39. The van der Waals surface area contributed by atoms with Gasteiger partial charge in [0.15, 0.2) is 0 Å². The molecule has 1 aromatic carbocycles. The summed E-state index contributed by atoms with van der Waals surface area (Å²) >= 11 is 6.51. The lowest BCUT2D eigenvalue weighted by molar-refractivity contribution is -0.132. The van der Waals surface area contributed by atoms with Crippen molar-refractivity contribution in [1.82, 2.24) is 9.80 Å². The van der Waals surface area contributed by atoms with Gasteiger partial charge in [-0.05, 0) is 50.3 Å². The molecule has 0 radical (unpaired) electrons. The zero-order valence-electron chi connectivity index (χ0n) is 19.5. The van der Waals surface area contributed by atoms with E-state index in [0.717, 1.165) is 16.8 Å². The molecule has 2 rings (SSSR count). The van der Waals surface area contributed by atoms with Crippen LogP contribution in [0.5, 0.6) is 0 Å². The summed E-state index contributed by atoms with van der Waals surface area (Å²) in [6.45, 7) is 17.4. The molecule has 0 aromatic heterocycles. The molecule has 7 heteroatoms. The van der Waals surface area contributed by atoms with Crippen molar-refractivity contribution < 1.29 is 14.7 Å². The number of anilines is 1. The topological polar surface area (TPSA) is 64.1 Å². The molecule has 1 saturated heterocycles. The van der Waals surface area contributed by atoms with Crippen molar-refractivity contribution in [3.05, 3.63) is 28.3 Å². The molecule has 6 nitrogen and oxygen atoms in total. The summed E-state index contributed by atoms with van der Waals surface area (Å²) < 4.78 is 0. The third-order valence-electron chi connectivity index (χ3n) is 6.06. The molecule has 0 bridgehead atoms. The molecule has 2 amide bonds. The number of hydrogen-bond donors (Lipinski definition) is 1. The summed E-state index contributed by atoms with van der Waals surface area (Å²) in [5, 5.41) is 10.4. The van der Waals surface area contributed by atoms with Gasteiger partial charge in [0.25, 0.3) is 0 Å². The number of rotatable bonds is 4. The van der Waals surface area contributed by atoms with Crippen molar-refractivity contribution in [2.45, 2.75) is 73.5 Å². The van der Waals surface area contributed by atoms with Gasteiger partial charge in [0.2, 0.25) is 5.91 Å². The maximum Gasteiger partial charge on any atom is 0.407 e. The lowest BCUT2D eigenvalue weighted by Crippen LogP contribution is -2.59. The molecule has 1 aliphatic heterocycles. The van der Waals surface area contributed by atoms with Crippen LogP contribution >= 0.6 is 11.6 Å². The number of benzene rings is 1. The molecule has 1 heterocycles. The molecule has 168 valence electrons. The van der Waals surface area contributed by atoms with Crippen molar-refractivity contribution in [3.63, 3.8) is 0 Å². The number of carboxylic acid groups (broad SMARTS) is 1. The molecule has 0 saturated carbocycles. The quantitative estimate of drug-likeness (QED) is 0.704. The zero-order valence-corrected chi connectivity index (χ0v) is 20.2. The normalized spacial score (nSPS) is 18.5. The smallest absolute Gasteiger partial charge is 0.407 e. The number of hydrogen-bond acceptors (Lipinski definition) is 3. The van der Waals surface area contributed by atoms with Gasteiger partial charge in [0.05, 0.1) is 12.1 Å². The van der Waals surface area contributed by atoms with E-state index in [4.69, 9.17) is 11.6 Å². The maximum absolute atomic E-state index is 12.4. The van der Waals surface area contributed by atoms with E-state index < -0.39 is 6.09 Å². The Morgan fingerprint density at radius 2 is 1.80 bits per heavy atom.